The summed E-state index contributed by atoms with van der Waals surface area (Å²) in [5.41, 5.74) is 6.92. The van der Waals surface area contributed by atoms with E-state index in [-0.39, 0.29) is 6.04 Å². The number of aryl methyl sites for hydroxylation is 1. The van der Waals surface area contributed by atoms with Gasteiger partial charge < -0.3 is 15.5 Å². The van der Waals surface area contributed by atoms with E-state index in [1.165, 1.54) is 0 Å². The summed E-state index contributed by atoms with van der Waals surface area (Å²) in [6, 6.07) is -0.0521. The third-order valence-electron chi connectivity index (χ3n) is 2.53. The van der Waals surface area contributed by atoms with Crippen LogP contribution < -0.4 is 11.1 Å². The van der Waals surface area contributed by atoms with Crippen LogP contribution in [0.15, 0.2) is 10.7 Å². The van der Waals surface area contributed by atoms with Crippen LogP contribution in [0.3, 0.4) is 0 Å². The van der Waals surface area contributed by atoms with Gasteiger partial charge in [0.2, 0.25) is 5.89 Å². The maximum absolute atomic E-state index is 6.02. The van der Waals surface area contributed by atoms with Crippen molar-refractivity contribution in [1.82, 2.24) is 10.3 Å². The number of nitrogens with zero attached hydrogens (tertiary/aromatic N) is 1. The Kier molecular flexibility index (Phi) is 2.33. The second kappa shape index (κ2) is 3.47. The van der Waals surface area contributed by atoms with Crippen molar-refractivity contribution < 1.29 is 4.42 Å². The Morgan fingerprint density at radius 2 is 2.62 bits per heavy atom. The summed E-state index contributed by atoms with van der Waals surface area (Å²) in [6.07, 6.45) is 2.76. The Bertz CT molecular complexity index is 278. The number of hydrogen-bond acceptors (Lipinski definition) is 4. The molecule has 1 fully saturated rings. The van der Waals surface area contributed by atoms with Crippen LogP contribution in [-0.2, 0) is 0 Å². The molecule has 4 nitrogen and oxygen atoms in total. The van der Waals surface area contributed by atoms with Gasteiger partial charge in [0.1, 0.15) is 6.26 Å². The Morgan fingerprint density at radius 1 is 1.77 bits per heavy atom. The predicted molar refractivity (Wildman–Crippen MR) is 49.1 cm³/mol. The fourth-order valence-corrected chi connectivity index (χ4v) is 1.71. The molecule has 0 aromatic carbocycles. The van der Waals surface area contributed by atoms with Gasteiger partial charge in [0, 0.05) is 0 Å². The number of hydrogen-bond donors (Lipinski definition) is 2. The number of nitrogens with one attached hydrogen (secondary N) is 1. The monoisotopic (exact) mass is 181 g/mol. The molecule has 2 unspecified atom stereocenters. The predicted octanol–water partition coefficient (Wildman–Crippen LogP) is 0.592. The average molecular weight is 181 g/mol. The summed E-state index contributed by atoms with van der Waals surface area (Å²) >= 11 is 0. The van der Waals surface area contributed by atoms with Gasteiger partial charge in [-0.2, -0.15) is 0 Å². The second-order valence-electron chi connectivity index (χ2n) is 3.61. The molecule has 1 saturated heterocycles. The highest BCUT2D eigenvalue weighted by Crippen LogP contribution is 2.23. The zero-order chi connectivity index (χ0) is 9.26. The molecule has 2 atom stereocenters. The van der Waals surface area contributed by atoms with E-state index < -0.39 is 0 Å². The molecule has 3 N–H and O–H groups in total. The molecule has 0 aliphatic carbocycles. The minimum Gasteiger partial charge on any atom is -0.447 e. The minimum atomic E-state index is -0.0521. The smallest absolute Gasteiger partial charge is 0.211 e. The first kappa shape index (κ1) is 8.72. The maximum Gasteiger partial charge on any atom is 0.211 e. The Morgan fingerprint density at radius 3 is 3.15 bits per heavy atom. The van der Waals surface area contributed by atoms with Gasteiger partial charge in [-0.05, 0) is 32.4 Å². The minimum absolute atomic E-state index is 0.0521. The quantitative estimate of drug-likeness (QED) is 0.701. The lowest BCUT2D eigenvalue weighted by molar-refractivity contribution is 0.370. The van der Waals surface area contributed by atoms with Crippen LogP contribution in [-0.4, -0.2) is 18.1 Å². The molecule has 2 rings (SSSR count). The summed E-state index contributed by atoms with van der Waals surface area (Å²) in [5.74, 6) is 1.14. The molecule has 0 saturated carbocycles. The van der Waals surface area contributed by atoms with E-state index in [4.69, 9.17) is 10.2 Å². The zero-order valence-electron chi connectivity index (χ0n) is 7.79. The lowest BCUT2D eigenvalue weighted by atomic mass is 10.00. The third-order valence-corrected chi connectivity index (χ3v) is 2.53. The molecule has 1 aromatic heterocycles. The second-order valence-corrected chi connectivity index (χ2v) is 3.61. The molecule has 0 spiro atoms. The summed E-state index contributed by atoms with van der Waals surface area (Å²) in [5, 5.41) is 3.28. The van der Waals surface area contributed by atoms with Crippen LogP contribution in [0.25, 0.3) is 0 Å². The molecular weight excluding hydrogens is 166 g/mol. The molecule has 4 heteroatoms. The first-order valence-corrected chi connectivity index (χ1v) is 4.65. The molecule has 0 bridgehead atoms. The number of aromatic nitrogens is 1. The Balaban J connectivity index is 2.07. The van der Waals surface area contributed by atoms with Crippen molar-refractivity contribution in [3.8, 4) is 0 Å². The first-order valence-electron chi connectivity index (χ1n) is 4.65. The van der Waals surface area contributed by atoms with Crippen LogP contribution in [0.4, 0.5) is 0 Å². The highest BCUT2D eigenvalue weighted by molar-refractivity contribution is 5.00. The normalized spacial score (nSPS) is 24.9. The lowest BCUT2D eigenvalue weighted by Gasteiger charge is -2.13. The van der Waals surface area contributed by atoms with E-state index in [1.54, 1.807) is 6.26 Å². The van der Waals surface area contributed by atoms with Crippen molar-refractivity contribution in [2.45, 2.75) is 19.4 Å². The summed E-state index contributed by atoms with van der Waals surface area (Å²) in [6.45, 7) is 3.94. The van der Waals surface area contributed by atoms with Gasteiger partial charge in [-0.1, -0.05) is 0 Å². The van der Waals surface area contributed by atoms with Crippen molar-refractivity contribution in [1.29, 1.82) is 0 Å². The van der Waals surface area contributed by atoms with Gasteiger partial charge in [0.25, 0.3) is 0 Å². The van der Waals surface area contributed by atoms with Crippen molar-refractivity contribution in [3.63, 3.8) is 0 Å². The molecule has 0 amide bonds. The SMILES string of the molecule is Cc1coc(C(N)C2CCNC2)n1. The maximum atomic E-state index is 6.02. The summed E-state index contributed by atoms with van der Waals surface area (Å²) < 4.78 is 5.27. The van der Waals surface area contributed by atoms with E-state index in [1.807, 2.05) is 6.92 Å². The molecular formula is C9H15N3O. The van der Waals surface area contributed by atoms with Gasteiger partial charge in [0.15, 0.2) is 0 Å². The van der Waals surface area contributed by atoms with Gasteiger partial charge in [-0.15, -0.1) is 0 Å². The van der Waals surface area contributed by atoms with Crippen molar-refractivity contribution in [3.05, 3.63) is 17.8 Å². The lowest BCUT2D eigenvalue weighted by Crippen LogP contribution is -2.23. The van der Waals surface area contributed by atoms with Crippen molar-refractivity contribution in [2.24, 2.45) is 11.7 Å². The van der Waals surface area contributed by atoms with E-state index in [0.29, 0.717) is 11.8 Å². The average Bonchev–Trinajstić information content (AvgIpc) is 2.72. The van der Waals surface area contributed by atoms with Crippen LogP contribution in [0, 0.1) is 12.8 Å². The summed E-state index contributed by atoms with van der Waals surface area (Å²) in [7, 11) is 0. The molecule has 2 heterocycles. The molecule has 13 heavy (non-hydrogen) atoms. The Labute approximate surface area is 77.5 Å². The standard InChI is InChI=1S/C9H15N3O/c1-6-5-13-9(12-6)8(10)7-2-3-11-4-7/h5,7-8,11H,2-4,10H2,1H3. The molecule has 1 aliphatic rings. The first-order chi connectivity index (χ1) is 6.27. The number of rotatable bonds is 2. The van der Waals surface area contributed by atoms with Gasteiger partial charge in [-0.25, -0.2) is 4.98 Å². The molecule has 1 aromatic rings. The number of oxazole rings is 1. The third kappa shape index (κ3) is 1.73. The van der Waals surface area contributed by atoms with Gasteiger partial charge in [0.05, 0.1) is 11.7 Å². The largest absolute Gasteiger partial charge is 0.447 e. The van der Waals surface area contributed by atoms with Crippen LogP contribution in [0.5, 0.6) is 0 Å². The molecule has 1 aliphatic heterocycles. The highest BCUT2D eigenvalue weighted by Gasteiger charge is 2.26. The zero-order valence-corrected chi connectivity index (χ0v) is 7.79. The van der Waals surface area contributed by atoms with E-state index in [2.05, 4.69) is 10.3 Å². The van der Waals surface area contributed by atoms with Gasteiger partial charge >= 0.3 is 0 Å². The highest BCUT2D eigenvalue weighted by atomic mass is 16.3. The van der Waals surface area contributed by atoms with Crippen molar-refractivity contribution in [2.75, 3.05) is 13.1 Å². The fraction of sp³-hybridized carbons (Fsp3) is 0.667. The fourth-order valence-electron chi connectivity index (χ4n) is 1.71. The van der Waals surface area contributed by atoms with Crippen molar-refractivity contribution >= 4 is 0 Å². The van der Waals surface area contributed by atoms with Crippen LogP contribution >= 0.6 is 0 Å². The van der Waals surface area contributed by atoms with Gasteiger partial charge in [-0.3, -0.25) is 0 Å². The van der Waals surface area contributed by atoms with E-state index in [0.717, 1.165) is 25.2 Å². The molecule has 0 radical (unpaired) electrons. The summed E-state index contributed by atoms with van der Waals surface area (Å²) in [4.78, 5) is 4.24. The van der Waals surface area contributed by atoms with E-state index in [9.17, 15) is 0 Å². The topological polar surface area (TPSA) is 64.1 Å². The van der Waals surface area contributed by atoms with E-state index >= 15 is 0 Å². The number of nitrogens with two attached hydrogens (primary N) is 1. The Hall–Kier alpha value is -0.870. The molecule has 72 valence electrons. The van der Waals surface area contributed by atoms with Crippen LogP contribution in [0.2, 0.25) is 0 Å². The van der Waals surface area contributed by atoms with Crippen LogP contribution in [0.1, 0.15) is 24.0 Å².